The van der Waals surface area contributed by atoms with Gasteiger partial charge in [0.1, 0.15) is 0 Å². The largest absolute Gasteiger partial charge is 0.493 e. The molecular formula is C12H18O3. The lowest BCUT2D eigenvalue weighted by molar-refractivity contribution is 0.0997. The quantitative estimate of drug-likeness (QED) is 0.748. The Labute approximate surface area is 91.0 Å². The summed E-state index contributed by atoms with van der Waals surface area (Å²) in [5.41, 5.74) is 1.11. The topological polar surface area (TPSA) is 27.7 Å². The van der Waals surface area contributed by atoms with Crippen LogP contribution in [0.4, 0.5) is 0 Å². The Hall–Kier alpha value is -1.22. The number of hydrogen-bond acceptors (Lipinski definition) is 3. The highest BCUT2D eigenvalue weighted by atomic mass is 16.5. The van der Waals surface area contributed by atoms with Crippen LogP contribution in [0, 0.1) is 0 Å². The van der Waals surface area contributed by atoms with Gasteiger partial charge in [0.15, 0.2) is 11.5 Å². The fraction of sp³-hybridized carbons (Fsp3) is 0.500. The van der Waals surface area contributed by atoms with Gasteiger partial charge >= 0.3 is 0 Å². The van der Waals surface area contributed by atoms with Gasteiger partial charge in [-0.25, -0.2) is 0 Å². The van der Waals surface area contributed by atoms with Crippen molar-refractivity contribution >= 4 is 0 Å². The fourth-order valence-electron chi connectivity index (χ4n) is 1.59. The summed E-state index contributed by atoms with van der Waals surface area (Å²) < 4.78 is 15.8. The molecule has 0 saturated heterocycles. The van der Waals surface area contributed by atoms with Gasteiger partial charge in [-0.15, -0.1) is 0 Å². The molecule has 0 aliphatic rings. The zero-order valence-corrected chi connectivity index (χ0v) is 9.74. The second-order valence-electron chi connectivity index (χ2n) is 3.25. The predicted octanol–water partition coefficient (Wildman–Crippen LogP) is 2.80. The lowest BCUT2D eigenvalue weighted by atomic mass is 10.1. The van der Waals surface area contributed by atoms with Crippen molar-refractivity contribution in [1.29, 1.82) is 0 Å². The first-order chi connectivity index (χ1) is 7.26. The Morgan fingerprint density at radius 2 is 1.73 bits per heavy atom. The highest BCUT2D eigenvalue weighted by Crippen LogP contribution is 2.31. The van der Waals surface area contributed by atoms with Crippen LogP contribution in [0.5, 0.6) is 11.5 Å². The lowest BCUT2D eigenvalue weighted by Crippen LogP contribution is -2.00. The lowest BCUT2D eigenvalue weighted by Gasteiger charge is -2.15. The molecule has 1 rings (SSSR count). The minimum atomic E-state index is 0.116. The number of methoxy groups -OCH3 is 3. The van der Waals surface area contributed by atoms with Crippen molar-refractivity contribution < 1.29 is 14.2 Å². The molecule has 0 fully saturated rings. The van der Waals surface area contributed by atoms with E-state index < -0.39 is 0 Å². The fourth-order valence-corrected chi connectivity index (χ4v) is 1.59. The highest BCUT2D eigenvalue weighted by Gasteiger charge is 2.11. The van der Waals surface area contributed by atoms with Crippen molar-refractivity contribution in [2.45, 2.75) is 19.4 Å². The Balaban J connectivity index is 3.01. The number of benzene rings is 1. The van der Waals surface area contributed by atoms with Gasteiger partial charge < -0.3 is 14.2 Å². The van der Waals surface area contributed by atoms with Crippen molar-refractivity contribution in [1.82, 2.24) is 0 Å². The summed E-state index contributed by atoms with van der Waals surface area (Å²) in [6.07, 6.45) is 1.05. The van der Waals surface area contributed by atoms with Gasteiger partial charge in [0.2, 0.25) is 0 Å². The molecule has 0 N–H and O–H groups in total. The van der Waals surface area contributed by atoms with E-state index in [0.717, 1.165) is 23.5 Å². The van der Waals surface area contributed by atoms with E-state index in [2.05, 4.69) is 6.92 Å². The van der Waals surface area contributed by atoms with E-state index in [1.54, 1.807) is 21.3 Å². The summed E-state index contributed by atoms with van der Waals surface area (Å²) >= 11 is 0. The summed E-state index contributed by atoms with van der Waals surface area (Å²) in [5, 5.41) is 0. The maximum absolute atomic E-state index is 5.36. The van der Waals surface area contributed by atoms with Crippen LogP contribution in [-0.4, -0.2) is 21.3 Å². The van der Waals surface area contributed by atoms with Crippen LogP contribution in [0.3, 0.4) is 0 Å². The van der Waals surface area contributed by atoms with Gasteiger partial charge in [0.05, 0.1) is 20.3 Å². The van der Waals surface area contributed by atoms with Gasteiger partial charge in [0.25, 0.3) is 0 Å². The molecule has 1 atom stereocenters. The van der Waals surface area contributed by atoms with E-state index in [-0.39, 0.29) is 6.10 Å². The molecule has 3 heteroatoms. The molecule has 0 spiro atoms. The second-order valence-corrected chi connectivity index (χ2v) is 3.25. The smallest absolute Gasteiger partial charge is 0.161 e. The maximum Gasteiger partial charge on any atom is 0.161 e. The molecule has 0 aliphatic carbocycles. The summed E-state index contributed by atoms with van der Waals surface area (Å²) in [5.74, 6) is 1.48. The Bertz CT molecular complexity index is 306. The van der Waals surface area contributed by atoms with E-state index >= 15 is 0 Å². The van der Waals surface area contributed by atoms with Crippen molar-refractivity contribution in [2.75, 3.05) is 21.3 Å². The molecule has 15 heavy (non-hydrogen) atoms. The summed E-state index contributed by atoms with van der Waals surface area (Å²) in [4.78, 5) is 0. The third-order valence-corrected chi connectivity index (χ3v) is 2.43. The van der Waals surface area contributed by atoms with Crippen LogP contribution in [0.2, 0.25) is 0 Å². The molecule has 0 aromatic heterocycles. The van der Waals surface area contributed by atoms with Gasteiger partial charge in [0, 0.05) is 7.11 Å². The van der Waals surface area contributed by atoms with Crippen LogP contribution in [0.25, 0.3) is 0 Å². The Kier molecular flexibility index (Phi) is 4.43. The second kappa shape index (κ2) is 5.61. The van der Waals surface area contributed by atoms with Crippen LogP contribution >= 0.6 is 0 Å². The number of rotatable bonds is 5. The first-order valence-corrected chi connectivity index (χ1v) is 5.01. The average Bonchev–Trinajstić information content (AvgIpc) is 2.30. The van der Waals surface area contributed by atoms with Crippen molar-refractivity contribution in [3.8, 4) is 11.5 Å². The molecule has 0 heterocycles. The molecule has 0 saturated carbocycles. The normalized spacial score (nSPS) is 12.3. The van der Waals surface area contributed by atoms with E-state index in [1.807, 2.05) is 18.2 Å². The van der Waals surface area contributed by atoms with Gasteiger partial charge in [-0.2, -0.15) is 0 Å². The van der Waals surface area contributed by atoms with Gasteiger partial charge in [-0.1, -0.05) is 13.0 Å². The molecule has 0 aliphatic heterocycles. The third kappa shape index (κ3) is 2.63. The van der Waals surface area contributed by atoms with Crippen molar-refractivity contribution in [3.63, 3.8) is 0 Å². The monoisotopic (exact) mass is 210 g/mol. The minimum Gasteiger partial charge on any atom is -0.493 e. The number of hydrogen-bond donors (Lipinski definition) is 0. The zero-order chi connectivity index (χ0) is 11.3. The maximum atomic E-state index is 5.36. The summed E-state index contributed by atoms with van der Waals surface area (Å²) in [6.45, 7) is 2.09. The molecule has 1 aromatic rings. The molecule has 1 unspecified atom stereocenters. The first kappa shape index (κ1) is 11.9. The minimum absolute atomic E-state index is 0.116. The van der Waals surface area contributed by atoms with Crippen LogP contribution in [0.15, 0.2) is 18.2 Å². The Morgan fingerprint density at radius 3 is 2.20 bits per heavy atom. The molecule has 0 bridgehead atoms. The van der Waals surface area contributed by atoms with Crippen LogP contribution in [0.1, 0.15) is 25.0 Å². The van der Waals surface area contributed by atoms with Gasteiger partial charge in [-0.05, 0) is 24.1 Å². The van der Waals surface area contributed by atoms with Crippen molar-refractivity contribution in [3.05, 3.63) is 23.8 Å². The third-order valence-electron chi connectivity index (χ3n) is 2.43. The van der Waals surface area contributed by atoms with E-state index in [0.29, 0.717) is 0 Å². The van der Waals surface area contributed by atoms with Crippen LogP contribution < -0.4 is 9.47 Å². The van der Waals surface area contributed by atoms with E-state index in [1.165, 1.54) is 0 Å². The van der Waals surface area contributed by atoms with E-state index in [9.17, 15) is 0 Å². The SMILES string of the molecule is CCC(OC)c1ccc(OC)c(OC)c1. The molecular weight excluding hydrogens is 192 g/mol. The molecule has 0 radical (unpaired) electrons. The number of ether oxygens (including phenoxy) is 3. The van der Waals surface area contributed by atoms with Crippen LogP contribution in [-0.2, 0) is 4.74 Å². The predicted molar refractivity (Wildman–Crippen MR) is 59.6 cm³/mol. The highest BCUT2D eigenvalue weighted by molar-refractivity contribution is 5.43. The summed E-state index contributed by atoms with van der Waals surface area (Å²) in [6, 6.07) is 5.85. The average molecular weight is 210 g/mol. The molecule has 3 nitrogen and oxygen atoms in total. The standard InChI is InChI=1S/C12H18O3/c1-5-10(13-2)9-6-7-11(14-3)12(8-9)15-4/h6-8,10H,5H2,1-4H3. The van der Waals surface area contributed by atoms with Crippen molar-refractivity contribution in [2.24, 2.45) is 0 Å². The molecule has 84 valence electrons. The zero-order valence-electron chi connectivity index (χ0n) is 9.74. The molecule has 1 aromatic carbocycles. The molecule has 0 amide bonds. The first-order valence-electron chi connectivity index (χ1n) is 5.01. The summed E-state index contributed by atoms with van der Waals surface area (Å²) in [7, 11) is 4.98. The Morgan fingerprint density at radius 1 is 1.07 bits per heavy atom. The van der Waals surface area contributed by atoms with E-state index in [4.69, 9.17) is 14.2 Å². The van der Waals surface area contributed by atoms with Gasteiger partial charge in [-0.3, -0.25) is 0 Å².